The van der Waals surface area contributed by atoms with Crippen LogP contribution in [0.4, 0.5) is 5.69 Å². The van der Waals surface area contributed by atoms with E-state index in [4.69, 9.17) is 0 Å². The number of rotatable bonds is 8. The number of unbranched alkanes of at least 4 members (excludes halogenated alkanes) is 2. The monoisotopic (exact) mass is 446 g/mol. The van der Waals surface area contributed by atoms with E-state index in [1.165, 1.54) is 12.8 Å². The first-order valence-corrected chi connectivity index (χ1v) is 8.41. The van der Waals surface area contributed by atoms with Crippen LogP contribution < -0.4 is 16.0 Å². The van der Waals surface area contributed by atoms with Crippen LogP contribution in [0.25, 0.3) is 0 Å². The maximum Gasteiger partial charge on any atom is 0.226 e. The predicted octanol–water partition coefficient (Wildman–Crippen LogP) is 3.75. The molecule has 136 valence electrons. The number of amides is 1. The Labute approximate surface area is 163 Å². The van der Waals surface area contributed by atoms with Crippen molar-refractivity contribution in [3.8, 4) is 0 Å². The maximum atomic E-state index is 11.7. The van der Waals surface area contributed by atoms with Crippen LogP contribution in [0, 0.1) is 5.92 Å². The van der Waals surface area contributed by atoms with E-state index >= 15 is 0 Å². The number of nitrogens with one attached hydrogen (secondary N) is 3. The smallest absolute Gasteiger partial charge is 0.226 e. The quantitative estimate of drug-likeness (QED) is 0.247. The maximum absolute atomic E-state index is 11.7. The standard InChI is InChI=1S/C18H30N4O.HI/c1-5-6-7-12-20-18(19-4)21-13-15-8-10-16(11-9-15)22-17(23)14(2)3;/h8-11,14H,5-7,12-13H2,1-4H3,(H,22,23)(H2,19,20,21);1H. The molecule has 0 bridgehead atoms. The molecule has 0 atom stereocenters. The highest BCUT2D eigenvalue weighted by atomic mass is 127. The number of hydrogen-bond donors (Lipinski definition) is 3. The third-order valence-corrected chi connectivity index (χ3v) is 3.50. The Morgan fingerprint density at radius 3 is 2.33 bits per heavy atom. The molecule has 5 nitrogen and oxygen atoms in total. The minimum Gasteiger partial charge on any atom is -0.356 e. The Kier molecular flexibility index (Phi) is 12.3. The lowest BCUT2D eigenvalue weighted by atomic mass is 10.1. The van der Waals surface area contributed by atoms with Crippen LogP contribution in [-0.2, 0) is 11.3 Å². The Balaban J connectivity index is 0.00000529. The van der Waals surface area contributed by atoms with Crippen LogP contribution >= 0.6 is 24.0 Å². The molecule has 0 saturated heterocycles. The number of halogens is 1. The summed E-state index contributed by atoms with van der Waals surface area (Å²) in [6.07, 6.45) is 3.60. The number of hydrogen-bond acceptors (Lipinski definition) is 2. The van der Waals surface area contributed by atoms with E-state index in [-0.39, 0.29) is 35.8 Å². The van der Waals surface area contributed by atoms with Crippen molar-refractivity contribution in [1.82, 2.24) is 10.6 Å². The lowest BCUT2D eigenvalue weighted by molar-refractivity contribution is -0.118. The number of nitrogens with zero attached hydrogens (tertiary/aromatic N) is 1. The largest absolute Gasteiger partial charge is 0.356 e. The van der Waals surface area contributed by atoms with Gasteiger partial charge in [0.05, 0.1) is 0 Å². The zero-order chi connectivity index (χ0) is 17.1. The minimum absolute atomic E-state index is 0. The van der Waals surface area contributed by atoms with E-state index in [9.17, 15) is 4.79 Å². The Morgan fingerprint density at radius 2 is 1.79 bits per heavy atom. The lowest BCUT2D eigenvalue weighted by Gasteiger charge is -2.12. The van der Waals surface area contributed by atoms with Crippen molar-refractivity contribution in [2.45, 2.75) is 46.6 Å². The van der Waals surface area contributed by atoms with E-state index in [2.05, 4.69) is 27.9 Å². The lowest BCUT2D eigenvalue weighted by Crippen LogP contribution is -2.37. The van der Waals surface area contributed by atoms with Crippen LogP contribution in [0.1, 0.15) is 45.6 Å². The highest BCUT2D eigenvalue weighted by molar-refractivity contribution is 14.0. The third-order valence-electron chi connectivity index (χ3n) is 3.50. The fourth-order valence-electron chi connectivity index (χ4n) is 1.98. The molecule has 0 aliphatic carbocycles. The van der Waals surface area contributed by atoms with Crippen molar-refractivity contribution < 1.29 is 4.79 Å². The van der Waals surface area contributed by atoms with Crippen LogP contribution in [0.5, 0.6) is 0 Å². The van der Waals surface area contributed by atoms with E-state index in [0.717, 1.165) is 30.2 Å². The van der Waals surface area contributed by atoms with E-state index in [1.54, 1.807) is 7.05 Å². The second kappa shape index (κ2) is 13.0. The molecule has 0 unspecified atom stereocenters. The molecule has 0 aromatic heterocycles. The first-order valence-electron chi connectivity index (χ1n) is 8.41. The normalized spacial score (nSPS) is 11.0. The van der Waals surface area contributed by atoms with Crippen molar-refractivity contribution in [1.29, 1.82) is 0 Å². The molecule has 1 aromatic carbocycles. The summed E-state index contributed by atoms with van der Waals surface area (Å²) in [7, 11) is 1.78. The van der Waals surface area contributed by atoms with Gasteiger partial charge >= 0.3 is 0 Å². The van der Waals surface area contributed by atoms with Gasteiger partial charge in [0.2, 0.25) is 5.91 Å². The number of carbonyl (C=O) groups is 1. The van der Waals surface area contributed by atoms with Gasteiger partial charge in [-0.25, -0.2) is 0 Å². The van der Waals surface area contributed by atoms with Gasteiger partial charge in [-0.15, -0.1) is 24.0 Å². The molecule has 0 aliphatic heterocycles. The molecule has 0 spiro atoms. The van der Waals surface area contributed by atoms with Crippen molar-refractivity contribution in [2.24, 2.45) is 10.9 Å². The molecule has 24 heavy (non-hydrogen) atoms. The Hall–Kier alpha value is -1.31. The number of guanidine groups is 1. The highest BCUT2D eigenvalue weighted by Gasteiger charge is 2.06. The average Bonchev–Trinajstić information content (AvgIpc) is 2.55. The molecule has 0 saturated carbocycles. The SMILES string of the molecule is CCCCCNC(=NC)NCc1ccc(NC(=O)C(C)C)cc1.I. The molecule has 0 radical (unpaired) electrons. The summed E-state index contributed by atoms with van der Waals surface area (Å²) in [5.41, 5.74) is 1.97. The molecule has 0 aliphatic rings. The van der Waals surface area contributed by atoms with Crippen LogP contribution in [0.2, 0.25) is 0 Å². The van der Waals surface area contributed by atoms with Gasteiger partial charge in [-0.05, 0) is 24.1 Å². The third kappa shape index (κ3) is 9.10. The molecular weight excluding hydrogens is 415 g/mol. The molecular formula is C18H31IN4O. The van der Waals surface area contributed by atoms with Crippen molar-refractivity contribution in [3.05, 3.63) is 29.8 Å². The van der Waals surface area contributed by atoms with Gasteiger partial charge in [0.15, 0.2) is 5.96 Å². The molecule has 3 N–H and O–H groups in total. The number of aliphatic imine (C=N–C) groups is 1. The van der Waals surface area contributed by atoms with E-state index < -0.39 is 0 Å². The summed E-state index contributed by atoms with van der Waals surface area (Å²) in [5.74, 6) is 0.837. The number of benzene rings is 1. The van der Waals surface area contributed by atoms with Gasteiger partial charge in [0, 0.05) is 31.7 Å². The fourth-order valence-corrected chi connectivity index (χ4v) is 1.98. The minimum atomic E-state index is -0.0153. The molecule has 6 heteroatoms. The Morgan fingerprint density at radius 1 is 1.12 bits per heavy atom. The summed E-state index contributed by atoms with van der Waals surface area (Å²) in [4.78, 5) is 15.9. The van der Waals surface area contributed by atoms with Crippen molar-refractivity contribution in [3.63, 3.8) is 0 Å². The second-order valence-corrected chi connectivity index (χ2v) is 5.90. The van der Waals surface area contributed by atoms with Gasteiger partial charge in [-0.3, -0.25) is 9.79 Å². The number of carbonyl (C=O) groups excluding carboxylic acids is 1. The van der Waals surface area contributed by atoms with Crippen LogP contribution in [0.3, 0.4) is 0 Å². The summed E-state index contributed by atoms with van der Waals surface area (Å²) < 4.78 is 0. The summed E-state index contributed by atoms with van der Waals surface area (Å²) in [6.45, 7) is 7.60. The molecule has 1 amide bonds. The number of anilines is 1. The van der Waals surface area contributed by atoms with Crippen molar-refractivity contribution in [2.75, 3.05) is 18.9 Å². The second-order valence-electron chi connectivity index (χ2n) is 5.90. The van der Waals surface area contributed by atoms with Gasteiger partial charge in [-0.1, -0.05) is 45.7 Å². The first-order chi connectivity index (χ1) is 11.1. The zero-order valence-corrected chi connectivity index (χ0v) is 17.5. The van der Waals surface area contributed by atoms with E-state index in [0.29, 0.717) is 6.54 Å². The highest BCUT2D eigenvalue weighted by Crippen LogP contribution is 2.10. The Bertz CT molecular complexity index is 500. The topological polar surface area (TPSA) is 65.5 Å². The van der Waals surface area contributed by atoms with Gasteiger partial charge in [-0.2, -0.15) is 0 Å². The van der Waals surface area contributed by atoms with Gasteiger partial charge < -0.3 is 16.0 Å². The van der Waals surface area contributed by atoms with Gasteiger partial charge in [0.25, 0.3) is 0 Å². The predicted molar refractivity (Wildman–Crippen MR) is 113 cm³/mol. The zero-order valence-electron chi connectivity index (χ0n) is 15.2. The summed E-state index contributed by atoms with van der Waals surface area (Å²) in [5, 5.41) is 9.49. The molecule has 0 fully saturated rings. The summed E-state index contributed by atoms with van der Waals surface area (Å²) in [6, 6.07) is 7.87. The molecule has 0 heterocycles. The first kappa shape index (κ1) is 22.7. The van der Waals surface area contributed by atoms with Gasteiger partial charge in [0.1, 0.15) is 0 Å². The molecule has 1 rings (SSSR count). The van der Waals surface area contributed by atoms with Crippen LogP contribution in [0.15, 0.2) is 29.3 Å². The van der Waals surface area contributed by atoms with Crippen molar-refractivity contribution >= 4 is 41.5 Å². The summed E-state index contributed by atoms with van der Waals surface area (Å²) >= 11 is 0. The van der Waals surface area contributed by atoms with E-state index in [1.807, 2.05) is 38.1 Å². The average molecular weight is 446 g/mol. The fraction of sp³-hybridized carbons (Fsp3) is 0.556. The van der Waals surface area contributed by atoms with Crippen LogP contribution in [-0.4, -0.2) is 25.5 Å². The molecule has 1 aromatic rings.